The lowest BCUT2D eigenvalue weighted by Gasteiger charge is -2.32. The summed E-state index contributed by atoms with van der Waals surface area (Å²) in [7, 11) is 0. The van der Waals surface area contributed by atoms with Crippen molar-refractivity contribution >= 4 is 29.2 Å². The van der Waals surface area contributed by atoms with Crippen molar-refractivity contribution in [2.75, 3.05) is 25.0 Å². The Labute approximate surface area is 180 Å². The fourth-order valence-electron chi connectivity index (χ4n) is 4.10. The van der Waals surface area contributed by atoms with E-state index in [1.165, 1.54) is 0 Å². The number of anilines is 1. The molecule has 0 bridgehead atoms. The topological polar surface area (TPSA) is 92.2 Å². The molecule has 2 aliphatic heterocycles. The zero-order valence-electron chi connectivity index (χ0n) is 16.5. The van der Waals surface area contributed by atoms with Crippen LogP contribution >= 0.6 is 11.6 Å². The first kappa shape index (κ1) is 20.2. The molecule has 0 saturated carbocycles. The van der Waals surface area contributed by atoms with Crippen molar-refractivity contribution in [3.8, 4) is 12.3 Å². The summed E-state index contributed by atoms with van der Waals surface area (Å²) in [4.78, 5) is 26.8. The first-order chi connectivity index (χ1) is 14.6. The van der Waals surface area contributed by atoms with Crippen molar-refractivity contribution in [2.24, 2.45) is 0 Å². The molecule has 2 N–H and O–H groups in total. The van der Waals surface area contributed by atoms with E-state index in [9.17, 15) is 9.59 Å². The van der Waals surface area contributed by atoms with Gasteiger partial charge in [0.1, 0.15) is 17.7 Å². The molecule has 8 nitrogen and oxygen atoms in total. The fraction of sp³-hybridized carbons (Fsp3) is 0.429. The Kier molecular flexibility index (Phi) is 5.91. The van der Waals surface area contributed by atoms with Crippen LogP contribution in [0.1, 0.15) is 42.9 Å². The number of rotatable bonds is 4. The lowest BCUT2D eigenvalue weighted by Crippen LogP contribution is -2.41. The van der Waals surface area contributed by atoms with Crippen LogP contribution in [-0.2, 0) is 11.2 Å². The summed E-state index contributed by atoms with van der Waals surface area (Å²) >= 11 is 5.89. The number of aromatic nitrogens is 3. The van der Waals surface area contributed by atoms with Crippen LogP contribution < -0.4 is 10.6 Å². The van der Waals surface area contributed by atoms with Crippen molar-refractivity contribution in [3.05, 3.63) is 40.9 Å². The van der Waals surface area contributed by atoms with Crippen LogP contribution in [0.4, 0.5) is 10.5 Å². The van der Waals surface area contributed by atoms with Gasteiger partial charge in [-0.1, -0.05) is 17.5 Å². The van der Waals surface area contributed by atoms with Gasteiger partial charge in [-0.2, -0.15) is 0 Å². The van der Waals surface area contributed by atoms with E-state index in [4.69, 9.17) is 18.0 Å². The molecule has 3 amide bonds. The molecule has 30 heavy (non-hydrogen) atoms. The first-order valence-corrected chi connectivity index (χ1v) is 10.4. The number of carbonyl (C=O) groups is 2. The maximum Gasteiger partial charge on any atom is 0.321 e. The molecule has 0 radical (unpaired) electrons. The number of terminal acetylenes is 1. The third-order valence-corrected chi connectivity index (χ3v) is 5.91. The number of likely N-dealkylation sites (tertiary alicyclic amines) is 1. The molecule has 1 atom stereocenters. The summed E-state index contributed by atoms with van der Waals surface area (Å²) in [6.45, 7) is 1.43. The van der Waals surface area contributed by atoms with Crippen molar-refractivity contribution < 1.29 is 9.59 Å². The molecular formula is C21H23ClN6O2. The van der Waals surface area contributed by atoms with Crippen LogP contribution in [0.15, 0.2) is 24.3 Å². The molecule has 3 heterocycles. The minimum Gasteiger partial charge on any atom is -0.343 e. The number of nitrogens with zero attached hydrogens (tertiary/aromatic N) is 4. The SMILES string of the molecule is C#CCNC(=O)C1CCc2nnc(C3CCN(C(=O)Nc4ccc(Cl)cc4)CC3)n21. The number of carbonyl (C=O) groups excluding carboxylic acids is 2. The second-order valence-corrected chi connectivity index (χ2v) is 7.96. The zero-order valence-corrected chi connectivity index (χ0v) is 17.2. The molecular weight excluding hydrogens is 404 g/mol. The summed E-state index contributed by atoms with van der Waals surface area (Å²) < 4.78 is 1.97. The lowest BCUT2D eigenvalue weighted by atomic mass is 9.95. The van der Waals surface area contributed by atoms with E-state index >= 15 is 0 Å². The lowest BCUT2D eigenvalue weighted by molar-refractivity contribution is -0.123. The quantitative estimate of drug-likeness (QED) is 0.735. The Balaban J connectivity index is 1.38. The van der Waals surface area contributed by atoms with Crippen LogP contribution in [0.5, 0.6) is 0 Å². The number of nitrogens with one attached hydrogen (secondary N) is 2. The highest BCUT2D eigenvalue weighted by Crippen LogP contribution is 2.34. The van der Waals surface area contributed by atoms with Crippen molar-refractivity contribution in [2.45, 2.75) is 37.6 Å². The molecule has 4 rings (SSSR count). The van der Waals surface area contributed by atoms with Crippen LogP contribution in [0.3, 0.4) is 0 Å². The van der Waals surface area contributed by atoms with Gasteiger partial charge < -0.3 is 20.1 Å². The predicted molar refractivity (Wildman–Crippen MR) is 113 cm³/mol. The number of amides is 3. The zero-order chi connectivity index (χ0) is 21.1. The monoisotopic (exact) mass is 426 g/mol. The van der Waals surface area contributed by atoms with Gasteiger partial charge in [-0.25, -0.2) is 4.79 Å². The minimum absolute atomic E-state index is 0.0903. The second-order valence-electron chi connectivity index (χ2n) is 7.52. The van der Waals surface area contributed by atoms with E-state index in [1.807, 2.05) is 4.57 Å². The molecule has 2 aromatic rings. The van der Waals surface area contributed by atoms with E-state index in [2.05, 4.69) is 26.8 Å². The molecule has 9 heteroatoms. The van der Waals surface area contributed by atoms with Gasteiger partial charge in [0.2, 0.25) is 5.91 Å². The van der Waals surface area contributed by atoms with E-state index in [1.54, 1.807) is 29.2 Å². The molecule has 1 unspecified atom stereocenters. The molecule has 1 aromatic carbocycles. The Morgan fingerprint density at radius 1 is 1.17 bits per heavy atom. The van der Waals surface area contributed by atoms with Gasteiger partial charge in [0.05, 0.1) is 6.54 Å². The maximum atomic E-state index is 12.6. The Bertz CT molecular complexity index is 972. The van der Waals surface area contributed by atoms with E-state index in [-0.39, 0.29) is 30.4 Å². The highest BCUT2D eigenvalue weighted by Gasteiger charge is 2.36. The summed E-state index contributed by atoms with van der Waals surface area (Å²) in [5.74, 6) is 4.18. The van der Waals surface area contributed by atoms with E-state index in [0.29, 0.717) is 30.2 Å². The van der Waals surface area contributed by atoms with E-state index < -0.39 is 0 Å². The van der Waals surface area contributed by atoms with Gasteiger partial charge in [0.25, 0.3) is 0 Å². The third-order valence-electron chi connectivity index (χ3n) is 5.66. The number of aryl methyl sites for hydroxylation is 1. The number of hydrogen-bond donors (Lipinski definition) is 2. The highest BCUT2D eigenvalue weighted by atomic mass is 35.5. The molecule has 1 saturated heterocycles. The summed E-state index contributed by atoms with van der Waals surface area (Å²) in [5, 5.41) is 15.0. The Hall–Kier alpha value is -3.05. The van der Waals surface area contributed by atoms with Gasteiger partial charge in [-0.15, -0.1) is 16.6 Å². The Morgan fingerprint density at radius 2 is 1.90 bits per heavy atom. The van der Waals surface area contributed by atoms with E-state index in [0.717, 1.165) is 30.9 Å². The van der Waals surface area contributed by atoms with Crippen LogP contribution in [0.25, 0.3) is 0 Å². The fourth-order valence-corrected chi connectivity index (χ4v) is 4.23. The summed E-state index contributed by atoms with van der Waals surface area (Å²) in [6.07, 6.45) is 8.22. The maximum absolute atomic E-state index is 12.6. The van der Waals surface area contributed by atoms with Crippen LogP contribution in [0.2, 0.25) is 5.02 Å². The molecule has 0 spiro atoms. The first-order valence-electron chi connectivity index (χ1n) is 10.0. The van der Waals surface area contributed by atoms with Crippen molar-refractivity contribution in [1.29, 1.82) is 0 Å². The minimum atomic E-state index is -0.315. The molecule has 0 aliphatic carbocycles. The highest BCUT2D eigenvalue weighted by molar-refractivity contribution is 6.30. The molecule has 2 aliphatic rings. The van der Waals surface area contributed by atoms with Gasteiger partial charge in [-0.05, 0) is 43.5 Å². The largest absolute Gasteiger partial charge is 0.343 e. The van der Waals surface area contributed by atoms with Crippen molar-refractivity contribution in [1.82, 2.24) is 25.0 Å². The standard InChI is InChI=1S/C21H23ClN6O2/c1-2-11-23-20(29)17-7-8-18-25-26-19(28(17)18)14-9-12-27(13-10-14)21(30)24-16-5-3-15(22)4-6-16/h1,3-6,14,17H,7-13H2,(H,23,29)(H,24,30). The van der Waals surface area contributed by atoms with Gasteiger partial charge in [-0.3, -0.25) is 4.79 Å². The van der Waals surface area contributed by atoms with Crippen LogP contribution in [-0.4, -0.2) is 51.2 Å². The number of benzene rings is 1. The molecule has 1 fully saturated rings. The molecule has 156 valence electrons. The number of halogens is 1. The number of fused-ring (bicyclic) bond motifs is 1. The average molecular weight is 427 g/mol. The smallest absolute Gasteiger partial charge is 0.321 e. The normalized spacial score (nSPS) is 18.5. The summed E-state index contributed by atoms with van der Waals surface area (Å²) in [5.41, 5.74) is 0.711. The predicted octanol–water partition coefficient (Wildman–Crippen LogP) is 2.58. The molecule has 1 aromatic heterocycles. The van der Waals surface area contributed by atoms with Gasteiger partial charge >= 0.3 is 6.03 Å². The number of urea groups is 1. The third kappa shape index (κ3) is 4.12. The van der Waals surface area contributed by atoms with Crippen molar-refractivity contribution in [3.63, 3.8) is 0 Å². The van der Waals surface area contributed by atoms with Gasteiger partial charge in [0, 0.05) is 36.1 Å². The van der Waals surface area contributed by atoms with Gasteiger partial charge in [0.15, 0.2) is 0 Å². The Morgan fingerprint density at radius 3 is 2.60 bits per heavy atom. The van der Waals surface area contributed by atoms with Crippen LogP contribution in [0, 0.1) is 12.3 Å². The average Bonchev–Trinajstić information content (AvgIpc) is 3.36. The second kappa shape index (κ2) is 8.76. The number of hydrogen-bond acceptors (Lipinski definition) is 4. The summed E-state index contributed by atoms with van der Waals surface area (Å²) in [6, 6.07) is 6.59. The number of piperidine rings is 1.